The van der Waals surface area contributed by atoms with E-state index >= 15 is 0 Å². The number of anilines is 1. The van der Waals surface area contributed by atoms with Crippen LogP contribution in [0.25, 0.3) is 10.9 Å². The molecule has 102 valence electrons. The molecule has 1 saturated heterocycles. The molecule has 1 unspecified atom stereocenters. The Morgan fingerprint density at radius 2 is 2.25 bits per heavy atom. The van der Waals surface area contributed by atoms with E-state index in [2.05, 4.69) is 16.4 Å². The fourth-order valence-electron chi connectivity index (χ4n) is 2.55. The van der Waals surface area contributed by atoms with E-state index in [1.807, 2.05) is 30.3 Å². The molecule has 0 aliphatic carbocycles. The maximum atomic E-state index is 9.25. The first-order valence-corrected chi connectivity index (χ1v) is 7.02. The zero-order valence-electron chi connectivity index (χ0n) is 11.3. The molecule has 0 radical (unpaired) electrons. The van der Waals surface area contributed by atoms with Gasteiger partial charge in [-0.05, 0) is 31.4 Å². The third kappa shape index (κ3) is 2.73. The van der Waals surface area contributed by atoms with Gasteiger partial charge in [-0.1, -0.05) is 18.2 Å². The van der Waals surface area contributed by atoms with Crippen molar-refractivity contribution in [1.82, 2.24) is 4.98 Å². The number of fused-ring (bicyclic) bond motifs is 1. The van der Waals surface area contributed by atoms with Crippen LogP contribution >= 0.6 is 0 Å². The average molecular weight is 267 g/mol. The Morgan fingerprint density at radius 3 is 3.05 bits per heavy atom. The van der Waals surface area contributed by atoms with Crippen molar-refractivity contribution in [3.63, 3.8) is 0 Å². The van der Waals surface area contributed by atoms with Crippen LogP contribution in [0.1, 0.15) is 24.8 Å². The van der Waals surface area contributed by atoms with Crippen molar-refractivity contribution in [2.75, 3.05) is 18.5 Å². The topological polar surface area (TPSA) is 57.9 Å². The van der Waals surface area contributed by atoms with Crippen LogP contribution in [0.15, 0.2) is 30.3 Å². The Balaban J connectivity index is 1.79. The number of nitrogens with one attached hydrogen (secondary N) is 1. The summed E-state index contributed by atoms with van der Waals surface area (Å²) in [5, 5.41) is 13.4. The molecule has 3 rings (SSSR count). The number of aromatic nitrogens is 1. The first-order valence-electron chi connectivity index (χ1n) is 7.02. The van der Waals surface area contributed by atoms with Gasteiger partial charge >= 0.3 is 0 Å². The van der Waals surface area contributed by atoms with Crippen LogP contribution in [0.2, 0.25) is 0 Å². The summed E-state index contributed by atoms with van der Waals surface area (Å²) >= 11 is 0. The van der Waals surface area contributed by atoms with Gasteiger partial charge in [0, 0.05) is 18.5 Å². The van der Waals surface area contributed by atoms with E-state index in [4.69, 9.17) is 4.74 Å². The number of ether oxygens (including phenoxy) is 1. The van der Waals surface area contributed by atoms with E-state index in [0.29, 0.717) is 5.56 Å². The second-order valence-corrected chi connectivity index (χ2v) is 5.05. The van der Waals surface area contributed by atoms with Crippen molar-refractivity contribution in [1.29, 1.82) is 5.26 Å². The van der Waals surface area contributed by atoms with Gasteiger partial charge in [0.15, 0.2) is 0 Å². The average Bonchev–Trinajstić information content (AvgIpc) is 2.53. The fourth-order valence-corrected chi connectivity index (χ4v) is 2.55. The standard InChI is InChI=1S/C16H17N3O/c17-10-12-9-16(18-11-13-5-3-4-8-20-13)19-15-7-2-1-6-14(12)15/h1-2,6-7,9,13H,3-5,8,11H2,(H,18,19). The van der Waals surface area contributed by atoms with Crippen LogP contribution in [0.4, 0.5) is 5.82 Å². The highest BCUT2D eigenvalue weighted by atomic mass is 16.5. The summed E-state index contributed by atoms with van der Waals surface area (Å²) in [6.07, 6.45) is 3.72. The monoisotopic (exact) mass is 267 g/mol. The Kier molecular flexibility index (Phi) is 3.80. The lowest BCUT2D eigenvalue weighted by atomic mass is 10.1. The molecule has 4 heteroatoms. The van der Waals surface area contributed by atoms with Gasteiger partial charge in [0.2, 0.25) is 0 Å². The molecule has 1 aromatic heterocycles. The van der Waals surface area contributed by atoms with E-state index in [1.165, 1.54) is 6.42 Å². The third-order valence-corrected chi connectivity index (χ3v) is 3.62. The normalized spacial score (nSPS) is 18.6. The molecule has 4 nitrogen and oxygen atoms in total. The molecule has 1 aliphatic heterocycles. The molecule has 1 aliphatic rings. The molecule has 1 aromatic carbocycles. The lowest BCUT2D eigenvalue weighted by molar-refractivity contribution is 0.0247. The summed E-state index contributed by atoms with van der Waals surface area (Å²) in [4.78, 5) is 4.55. The maximum Gasteiger partial charge on any atom is 0.128 e. The van der Waals surface area contributed by atoms with Gasteiger partial charge in [-0.2, -0.15) is 5.26 Å². The Morgan fingerprint density at radius 1 is 1.35 bits per heavy atom. The summed E-state index contributed by atoms with van der Waals surface area (Å²) in [5.74, 6) is 0.745. The predicted octanol–water partition coefficient (Wildman–Crippen LogP) is 3.09. The van der Waals surface area contributed by atoms with Crippen LogP contribution in [0.5, 0.6) is 0 Å². The third-order valence-electron chi connectivity index (χ3n) is 3.62. The zero-order valence-corrected chi connectivity index (χ0v) is 11.3. The number of hydrogen-bond acceptors (Lipinski definition) is 4. The SMILES string of the molecule is N#Cc1cc(NCC2CCCCO2)nc2ccccc12. The quantitative estimate of drug-likeness (QED) is 0.928. The van der Waals surface area contributed by atoms with Crippen molar-refractivity contribution in [2.45, 2.75) is 25.4 Å². The van der Waals surface area contributed by atoms with E-state index in [9.17, 15) is 5.26 Å². The lowest BCUT2D eigenvalue weighted by Crippen LogP contribution is -2.27. The number of para-hydroxylation sites is 1. The molecule has 0 amide bonds. The summed E-state index contributed by atoms with van der Waals surface area (Å²) in [5.41, 5.74) is 1.50. The number of hydrogen-bond donors (Lipinski definition) is 1. The Bertz CT molecular complexity index is 642. The van der Waals surface area contributed by atoms with Crippen molar-refractivity contribution >= 4 is 16.7 Å². The van der Waals surface area contributed by atoms with Gasteiger partial charge in [-0.25, -0.2) is 4.98 Å². The molecule has 20 heavy (non-hydrogen) atoms. The molecule has 1 atom stereocenters. The molecular formula is C16H17N3O. The minimum atomic E-state index is 0.252. The Labute approximate surface area is 118 Å². The van der Waals surface area contributed by atoms with E-state index in [1.54, 1.807) is 0 Å². The van der Waals surface area contributed by atoms with Gasteiger partial charge in [0.25, 0.3) is 0 Å². The number of rotatable bonds is 3. The van der Waals surface area contributed by atoms with Gasteiger partial charge in [-0.3, -0.25) is 0 Å². The highest BCUT2D eigenvalue weighted by Gasteiger charge is 2.14. The minimum absolute atomic E-state index is 0.252. The largest absolute Gasteiger partial charge is 0.376 e. The smallest absolute Gasteiger partial charge is 0.128 e. The minimum Gasteiger partial charge on any atom is -0.376 e. The molecule has 1 N–H and O–H groups in total. The second-order valence-electron chi connectivity index (χ2n) is 5.05. The molecule has 2 aromatic rings. The summed E-state index contributed by atoms with van der Waals surface area (Å²) < 4.78 is 5.69. The Hall–Kier alpha value is -2.12. The van der Waals surface area contributed by atoms with Crippen molar-refractivity contribution in [3.05, 3.63) is 35.9 Å². The summed E-state index contributed by atoms with van der Waals surface area (Å²) in [7, 11) is 0. The van der Waals surface area contributed by atoms with E-state index in [0.717, 1.165) is 42.7 Å². The van der Waals surface area contributed by atoms with Crippen LogP contribution in [0, 0.1) is 11.3 Å². The van der Waals surface area contributed by atoms with Crippen molar-refractivity contribution < 1.29 is 4.74 Å². The van der Waals surface area contributed by atoms with Gasteiger partial charge in [-0.15, -0.1) is 0 Å². The van der Waals surface area contributed by atoms with Gasteiger partial charge < -0.3 is 10.1 Å². The van der Waals surface area contributed by atoms with E-state index < -0.39 is 0 Å². The number of nitrogens with zero attached hydrogens (tertiary/aromatic N) is 2. The number of nitriles is 1. The lowest BCUT2D eigenvalue weighted by Gasteiger charge is -2.23. The van der Waals surface area contributed by atoms with Crippen LogP contribution in [-0.4, -0.2) is 24.2 Å². The summed E-state index contributed by atoms with van der Waals surface area (Å²) in [6.45, 7) is 1.59. The molecule has 0 spiro atoms. The predicted molar refractivity (Wildman–Crippen MR) is 78.5 cm³/mol. The molecule has 2 heterocycles. The first-order chi connectivity index (χ1) is 9.86. The summed E-state index contributed by atoms with van der Waals surface area (Å²) in [6, 6.07) is 11.8. The highest BCUT2D eigenvalue weighted by molar-refractivity contribution is 5.86. The van der Waals surface area contributed by atoms with Gasteiger partial charge in [0.1, 0.15) is 5.82 Å². The number of pyridine rings is 1. The molecular weight excluding hydrogens is 250 g/mol. The highest BCUT2D eigenvalue weighted by Crippen LogP contribution is 2.20. The maximum absolute atomic E-state index is 9.25. The van der Waals surface area contributed by atoms with Gasteiger partial charge in [0.05, 0.1) is 23.3 Å². The number of benzene rings is 1. The zero-order chi connectivity index (χ0) is 13.8. The molecule has 0 bridgehead atoms. The van der Waals surface area contributed by atoms with Crippen LogP contribution in [-0.2, 0) is 4.74 Å². The van der Waals surface area contributed by atoms with Crippen LogP contribution in [0.3, 0.4) is 0 Å². The molecule has 0 saturated carbocycles. The first kappa shape index (κ1) is 12.9. The fraction of sp³-hybridized carbons (Fsp3) is 0.375. The van der Waals surface area contributed by atoms with Crippen molar-refractivity contribution in [2.24, 2.45) is 0 Å². The van der Waals surface area contributed by atoms with Crippen molar-refractivity contribution in [3.8, 4) is 6.07 Å². The van der Waals surface area contributed by atoms with E-state index in [-0.39, 0.29) is 6.10 Å². The van der Waals surface area contributed by atoms with Crippen LogP contribution < -0.4 is 5.32 Å². The second kappa shape index (κ2) is 5.89. The molecule has 1 fully saturated rings.